The number of ether oxygens (including phenoxy) is 2. The molecule has 2 atom stereocenters. The fourth-order valence-corrected chi connectivity index (χ4v) is 4.30. The van der Waals surface area contributed by atoms with Gasteiger partial charge in [0, 0.05) is 37.5 Å². The van der Waals surface area contributed by atoms with E-state index in [0.717, 1.165) is 37.1 Å². The summed E-state index contributed by atoms with van der Waals surface area (Å²) in [6, 6.07) is 14.7. The van der Waals surface area contributed by atoms with E-state index in [1.54, 1.807) is 29.2 Å². The molecule has 2 aromatic carbocycles. The molecule has 2 N–H and O–H groups in total. The number of para-hydroxylation sites is 1. The second kappa shape index (κ2) is 11.2. The van der Waals surface area contributed by atoms with Crippen molar-refractivity contribution in [3.05, 3.63) is 54.1 Å². The minimum absolute atomic E-state index is 0.0770. The first-order chi connectivity index (χ1) is 16.5. The first-order valence-corrected chi connectivity index (χ1v) is 11.8. The molecule has 0 aliphatic carbocycles. The summed E-state index contributed by atoms with van der Waals surface area (Å²) < 4.78 is 11.1. The van der Waals surface area contributed by atoms with Gasteiger partial charge in [-0.15, -0.1) is 0 Å². The Morgan fingerprint density at radius 2 is 1.94 bits per heavy atom. The minimum Gasteiger partial charge on any atom is -0.484 e. The lowest BCUT2D eigenvalue weighted by molar-refractivity contribution is -0.126. The number of benzene rings is 2. The smallest absolute Gasteiger partial charge is 0.262 e. The number of hydrogen-bond acceptors (Lipinski definition) is 5. The first-order valence-electron chi connectivity index (χ1n) is 11.8. The number of carbonyl (C=O) groups excluding carboxylic acids is 3. The molecule has 3 amide bonds. The van der Waals surface area contributed by atoms with E-state index in [1.807, 2.05) is 31.2 Å². The van der Waals surface area contributed by atoms with E-state index in [4.69, 9.17) is 9.47 Å². The van der Waals surface area contributed by atoms with Crippen LogP contribution in [-0.4, -0.2) is 50.1 Å². The molecule has 0 radical (unpaired) electrons. The topological polar surface area (TPSA) is 97.0 Å². The zero-order valence-electron chi connectivity index (χ0n) is 19.4. The number of nitrogens with zero attached hydrogens (tertiary/aromatic N) is 1. The molecule has 2 aliphatic rings. The Hall–Kier alpha value is -3.39. The summed E-state index contributed by atoms with van der Waals surface area (Å²) in [6.07, 6.45) is 3.07. The van der Waals surface area contributed by atoms with Gasteiger partial charge >= 0.3 is 0 Å². The highest BCUT2D eigenvalue weighted by Gasteiger charge is 2.35. The fraction of sp³-hybridized carbons (Fsp3) is 0.423. The van der Waals surface area contributed by atoms with Crippen molar-refractivity contribution >= 4 is 29.1 Å². The average Bonchev–Trinajstić information content (AvgIpc) is 3.52. The van der Waals surface area contributed by atoms with Gasteiger partial charge in [-0.1, -0.05) is 25.1 Å². The maximum Gasteiger partial charge on any atom is 0.262 e. The molecule has 4 rings (SSSR count). The van der Waals surface area contributed by atoms with Gasteiger partial charge in [0.1, 0.15) is 5.75 Å². The van der Waals surface area contributed by atoms with Crippen molar-refractivity contribution in [1.82, 2.24) is 5.32 Å². The van der Waals surface area contributed by atoms with E-state index in [-0.39, 0.29) is 42.8 Å². The normalized spacial score (nSPS) is 19.8. The Kier molecular flexibility index (Phi) is 7.80. The maximum absolute atomic E-state index is 12.5. The third-order valence-electron chi connectivity index (χ3n) is 6.21. The van der Waals surface area contributed by atoms with Gasteiger partial charge in [0.25, 0.3) is 5.91 Å². The number of aryl methyl sites for hydroxylation is 1. The van der Waals surface area contributed by atoms with E-state index in [9.17, 15) is 14.4 Å². The highest BCUT2D eigenvalue weighted by molar-refractivity contribution is 6.00. The van der Waals surface area contributed by atoms with Crippen molar-refractivity contribution in [1.29, 1.82) is 0 Å². The van der Waals surface area contributed by atoms with Crippen molar-refractivity contribution in [2.75, 3.05) is 36.5 Å². The molecular formula is C26H31N3O5. The van der Waals surface area contributed by atoms with Crippen molar-refractivity contribution in [2.45, 2.75) is 38.7 Å². The van der Waals surface area contributed by atoms with Crippen LogP contribution in [0.5, 0.6) is 5.75 Å². The predicted molar refractivity (Wildman–Crippen MR) is 129 cm³/mol. The van der Waals surface area contributed by atoms with Gasteiger partial charge < -0.3 is 25.0 Å². The van der Waals surface area contributed by atoms with E-state index in [0.29, 0.717) is 24.5 Å². The van der Waals surface area contributed by atoms with E-state index >= 15 is 0 Å². The third kappa shape index (κ3) is 5.94. The van der Waals surface area contributed by atoms with E-state index in [2.05, 4.69) is 10.6 Å². The molecular weight excluding hydrogens is 434 g/mol. The predicted octanol–water partition coefficient (Wildman–Crippen LogP) is 2.91. The Balaban J connectivity index is 1.26. The lowest BCUT2D eigenvalue weighted by Crippen LogP contribution is -2.37. The SMILES string of the molecule is CCc1ccccc1NC(=O)COc1ccc(N2C[C@@H](C(=O)NC[C@H]3CCCO3)CC2=O)cc1. The zero-order chi connectivity index (χ0) is 23.9. The maximum atomic E-state index is 12.5. The number of rotatable bonds is 9. The highest BCUT2D eigenvalue weighted by Crippen LogP contribution is 2.27. The van der Waals surface area contributed by atoms with Crippen LogP contribution in [0.4, 0.5) is 11.4 Å². The quantitative estimate of drug-likeness (QED) is 0.594. The van der Waals surface area contributed by atoms with Crippen molar-refractivity contribution in [2.24, 2.45) is 5.92 Å². The summed E-state index contributed by atoms with van der Waals surface area (Å²) in [4.78, 5) is 38.9. The van der Waals surface area contributed by atoms with Gasteiger partial charge in [-0.2, -0.15) is 0 Å². The molecule has 2 heterocycles. The molecule has 0 spiro atoms. The molecule has 0 bridgehead atoms. The monoisotopic (exact) mass is 465 g/mol. The molecule has 180 valence electrons. The van der Waals surface area contributed by atoms with Gasteiger partial charge in [0.15, 0.2) is 6.61 Å². The number of carbonyl (C=O) groups is 3. The summed E-state index contributed by atoms with van der Waals surface area (Å²) in [7, 11) is 0. The molecule has 0 aromatic heterocycles. The molecule has 34 heavy (non-hydrogen) atoms. The second-order valence-corrected chi connectivity index (χ2v) is 8.63. The van der Waals surface area contributed by atoms with Gasteiger partial charge in [-0.3, -0.25) is 14.4 Å². The van der Waals surface area contributed by atoms with Crippen molar-refractivity contribution < 1.29 is 23.9 Å². The summed E-state index contributed by atoms with van der Waals surface area (Å²) in [6.45, 7) is 3.50. The van der Waals surface area contributed by atoms with Crippen molar-refractivity contribution in [3.63, 3.8) is 0 Å². The van der Waals surface area contributed by atoms with Crippen LogP contribution in [-0.2, 0) is 25.5 Å². The number of nitrogens with one attached hydrogen (secondary N) is 2. The zero-order valence-corrected chi connectivity index (χ0v) is 19.4. The summed E-state index contributed by atoms with van der Waals surface area (Å²) >= 11 is 0. The average molecular weight is 466 g/mol. The highest BCUT2D eigenvalue weighted by atomic mass is 16.5. The molecule has 2 aliphatic heterocycles. The number of hydrogen-bond donors (Lipinski definition) is 2. The third-order valence-corrected chi connectivity index (χ3v) is 6.21. The Bertz CT molecular complexity index is 1020. The molecule has 8 heteroatoms. The molecule has 2 saturated heterocycles. The summed E-state index contributed by atoms with van der Waals surface area (Å²) in [5.74, 6) is -0.280. The van der Waals surface area contributed by atoms with Gasteiger partial charge in [-0.05, 0) is 55.2 Å². The fourth-order valence-electron chi connectivity index (χ4n) is 4.30. The number of amides is 3. The summed E-state index contributed by atoms with van der Waals surface area (Å²) in [5, 5.41) is 5.79. The van der Waals surface area contributed by atoms with Crippen LogP contribution >= 0.6 is 0 Å². The van der Waals surface area contributed by atoms with E-state index < -0.39 is 0 Å². The van der Waals surface area contributed by atoms with Gasteiger partial charge in [0.2, 0.25) is 11.8 Å². The largest absolute Gasteiger partial charge is 0.484 e. The van der Waals surface area contributed by atoms with Gasteiger partial charge in [0.05, 0.1) is 12.0 Å². The van der Waals surface area contributed by atoms with Crippen LogP contribution in [0.25, 0.3) is 0 Å². The summed E-state index contributed by atoms with van der Waals surface area (Å²) in [5.41, 5.74) is 2.55. The lowest BCUT2D eigenvalue weighted by atomic mass is 10.1. The molecule has 2 fully saturated rings. The van der Waals surface area contributed by atoms with Crippen LogP contribution in [0.1, 0.15) is 31.7 Å². The standard InChI is InChI=1S/C26H31N3O5/c1-2-18-6-3-4-8-23(18)28-24(30)17-34-21-11-9-20(10-12-21)29-16-19(14-25(29)31)26(32)27-15-22-7-5-13-33-22/h3-4,6,8-12,19,22H,2,5,7,13-17H2,1H3,(H,27,32)(H,28,30)/t19-,22+/m0/s1. The first kappa shape index (κ1) is 23.8. The lowest BCUT2D eigenvalue weighted by Gasteiger charge is -2.18. The Morgan fingerprint density at radius 1 is 1.15 bits per heavy atom. The van der Waals surface area contributed by atoms with Crippen LogP contribution in [0, 0.1) is 5.92 Å². The van der Waals surface area contributed by atoms with Crippen LogP contribution in [0.2, 0.25) is 0 Å². The van der Waals surface area contributed by atoms with Crippen LogP contribution in [0.3, 0.4) is 0 Å². The van der Waals surface area contributed by atoms with E-state index in [1.165, 1.54) is 0 Å². The molecule has 2 aromatic rings. The van der Waals surface area contributed by atoms with Gasteiger partial charge in [-0.25, -0.2) is 0 Å². The van der Waals surface area contributed by atoms with Crippen LogP contribution in [0.15, 0.2) is 48.5 Å². The molecule has 8 nitrogen and oxygen atoms in total. The number of anilines is 2. The molecule has 0 unspecified atom stereocenters. The minimum atomic E-state index is -0.375. The van der Waals surface area contributed by atoms with Crippen molar-refractivity contribution in [3.8, 4) is 5.75 Å². The Labute approximate surface area is 199 Å². The second-order valence-electron chi connectivity index (χ2n) is 8.63. The molecule has 0 saturated carbocycles. The Morgan fingerprint density at radius 3 is 2.68 bits per heavy atom. The van der Waals surface area contributed by atoms with Crippen LogP contribution < -0.4 is 20.3 Å².